The molecule has 0 spiro atoms. The summed E-state index contributed by atoms with van der Waals surface area (Å²) in [5, 5.41) is 3.47. The second kappa shape index (κ2) is 11.4. The summed E-state index contributed by atoms with van der Waals surface area (Å²) < 4.78 is 0. The maximum Gasteiger partial charge on any atom is 0.122 e. The number of para-hydroxylation sites is 1. The Balaban J connectivity index is 0.00000338. The largest absolute Gasteiger partial charge is 0.369 e. The van der Waals surface area contributed by atoms with E-state index in [1.807, 2.05) is 0 Å². The Bertz CT molecular complexity index is 649. The molecule has 26 heavy (non-hydrogen) atoms. The van der Waals surface area contributed by atoms with Crippen molar-refractivity contribution in [2.45, 2.75) is 0 Å². The van der Waals surface area contributed by atoms with Crippen LogP contribution in [-0.4, -0.2) is 77.1 Å². The first-order valence-corrected chi connectivity index (χ1v) is 8.77. The van der Waals surface area contributed by atoms with Crippen LogP contribution >= 0.6 is 24.0 Å². The maximum atomic E-state index is 4.75. The van der Waals surface area contributed by atoms with E-state index in [9.17, 15) is 0 Å². The number of fused-ring (bicyclic) bond motifs is 1. The first-order valence-electron chi connectivity index (χ1n) is 8.77. The summed E-state index contributed by atoms with van der Waals surface area (Å²) in [6.45, 7) is 3.58. The number of benzene rings is 1. The van der Waals surface area contributed by atoms with Gasteiger partial charge < -0.3 is 20.0 Å². The predicted octanol–water partition coefficient (Wildman–Crippen LogP) is 2.76. The molecular weight excluding hydrogens is 437 g/mol. The summed E-state index contributed by atoms with van der Waals surface area (Å²) in [5.41, 5.74) is 3.60. The van der Waals surface area contributed by atoms with Crippen molar-refractivity contribution in [1.29, 1.82) is 0 Å². The Kier molecular flexibility index (Phi) is 9.90. The fourth-order valence-corrected chi connectivity index (χ4v) is 2.58. The van der Waals surface area contributed by atoms with Crippen molar-refractivity contribution in [3.05, 3.63) is 47.7 Å². The van der Waals surface area contributed by atoms with Crippen molar-refractivity contribution < 1.29 is 0 Å². The van der Waals surface area contributed by atoms with Gasteiger partial charge in [0.2, 0.25) is 0 Å². The number of hydrogen-bond donors (Lipinski definition) is 1. The highest BCUT2D eigenvalue weighted by Gasteiger charge is 2.13. The van der Waals surface area contributed by atoms with Gasteiger partial charge in [0.1, 0.15) is 5.84 Å². The molecule has 0 saturated heterocycles. The highest BCUT2D eigenvalue weighted by molar-refractivity contribution is 14.0. The Hall–Kier alpha value is -1.38. The molecule has 0 atom stereocenters. The molecule has 2 rings (SSSR count). The van der Waals surface area contributed by atoms with Crippen molar-refractivity contribution in [2.24, 2.45) is 4.99 Å². The second-order valence-corrected chi connectivity index (χ2v) is 6.82. The van der Waals surface area contributed by atoms with Gasteiger partial charge in [-0.15, -0.1) is 24.0 Å². The van der Waals surface area contributed by atoms with Gasteiger partial charge in [0.05, 0.1) is 6.54 Å². The van der Waals surface area contributed by atoms with Crippen LogP contribution < -0.4 is 10.2 Å². The molecule has 0 aromatic heterocycles. The van der Waals surface area contributed by atoms with Gasteiger partial charge in [0.25, 0.3) is 0 Å². The van der Waals surface area contributed by atoms with Crippen LogP contribution in [0.3, 0.4) is 0 Å². The molecule has 1 aliphatic rings. The van der Waals surface area contributed by atoms with Crippen LogP contribution in [0.1, 0.15) is 5.56 Å². The summed E-state index contributed by atoms with van der Waals surface area (Å²) in [5.74, 6) is 0.939. The first kappa shape index (κ1) is 22.7. The lowest BCUT2D eigenvalue weighted by Crippen LogP contribution is -2.32. The van der Waals surface area contributed by atoms with Crippen molar-refractivity contribution in [2.75, 3.05) is 66.3 Å². The van der Waals surface area contributed by atoms with Crippen LogP contribution in [0, 0.1) is 0 Å². The second-order valence-electron chi connectivity index (χ2n) is 6.82. The fraction of sp³-hybridized carbons (Fsp3) is 0.450. The van der Waals surface area contributed by atoms with E-state index in [4.69, 9.17) is 4.99 Å². The molecule has 0 aliphatic carbocycles. The van der Waals surface area contributed by atoms with Gasteiger partial charge in [-0.2, -0.15) is 0 Å². The van der Waals surface area contributed by atoms with E-state index in [2.05, 4.69) is 97.7 Å². The number of amidine groups is 1. The molecule has 0 amide bonds. The number of rotatable bonds is 7. The van der Waals surface area contributed by atoms with Crippen molar-refractivity contribution in [3.63, 3.8) is 0 Å². The van der Waals surface area contributed by atoms with E-state index in [-0.39, 0.29) is 24.0 Å². The van der Waals surface area contributed by atoms with Crippen LogP contribution in [0.25, 0.3) is 6.08 Å². The molecule has 6 heteroatoms. The summed E-state index contributed by atoms with van der Waals surface area (Å²) in [7, 11) is 10.4. The quantitative estimate of drug-likeness (QED) is 0.379. The highest BCUT2D eigenvalue weighted by Crippen LogP contribution is 2.28. The predicted molar refractivity (Wildman–Crippen MR) is 125 cm³/mol. The van der Waals surface area contributed by atoms with E-state index in [0.29, 0.717) is 0 Å². The van der Waals surface area contributed by atoms with Crippen molar-refractivity contribution in [3.8, 4) is 0 Å². The van der Waals surface area contributed by atoms with Gasteiger partial charge in [-0.05, 0) is 45.9 Å². The Morgan fingerprint density at radius 2 is 1.77 bits per heavy atom. The summed E-state index contributed by atoms with van der Waals surface area (Å²) in [6.07, 6.45) is 6.45. The number of nitrogens with one attached hydrogen (secondary N) is 1. The zero-order valence-electron chi connectivity index (χ0n) is 16.6. The third-order valence-electron chi connectivity index (χ3n) is 4.10. The topological polar surface area (TPSA) is 34.1 Å². The smallest absolute Gasteiger partial charge is 0.122 e. The molecule has 0 fully saturated rings. The molecule has 1 heterocycles. The Labute approximate surface area is 175 Å². The Morgan fingerprint density at radius 1 is 1.08 bits per heavy atom. The van der Waals surface area contributed by atoms with Crippen LogP contribution in [0.4, 0.5) is 5.69 Å². The minimum Gasteiger partial charge on any atom is -0.369 e. The standard InChI is InChI=1S/C20H31N5.HI/c1-23(2)14-12-21-20(22-13-15-24(3)4)16-18-11-10-17-8-6-7-9-19(17)25(18)5;/h6-11,16H,12-15H2,1-5H3,(H,21,22);1H. The van der Waals surface area contributed by atoms with E-state index >= 15 is 0 Å². The normalized spacial score (nSPS) is 15.4. The molecular formula is C20H32IN5. The SMILES string of the molecule is CN(C)CCN=C(C=C1C=Cc2ccccc2N1C)NCCN(C)C.I. The zero-order chi connectivity index (χ0) is 18.2. The summed E-state index contributed by atoms with van der Waals surface area (Å²) in [4.78, 5) is 11.3. The van der Waals surface area contributed by atoms with Crippen molar-refractivity contribution in [1.82, 2.24) is 15.1 Å². The average Bonchev–Trinajstić information content (AvgIpc) is 2.56. The zero-order valence-corrected chi connectivity index (χ0v) is 18.9. The minimum absolute atomic E-state index is 0. The molecule has 144 valence electrons. The lowest BCUT2D eigenvalue weighted by Gasteiger charge is -2.26. The van der Waals surface area contributed by atoms with Gasteiger partial charge in [-0.3, -0.25) is 4.99 Å². The summed E-state index contributed by atoms with van der Waals surface area (Å²) in [6, 6.07) is 8.44. The first-order chi connectivity index (χ1) is 12.0. The number of nitrogens with zero attached hydrogens (tertiary/aromatic N) is 4. The van der Waals surface area contributed by atoms with Crippen LogP contribution in [0.15, 0.2) is 47.1 Å². The molecule has 0 bridgehead atoms. The maximum absolute atomic E-state index is 4.75. The highest BCUT2D eigenvalue weighted by atomic mass is 127. The third kappa shape index (κ3) is 7.09. The van der Waals surface area contributed by atoms with E-state index in [0.717, 1.165) is 37.7 Å². The number of halogens is 1. The van der Waals surface area contributed by atoms with Crippen LogP contribution in [0.2, 0.25) is 0 Å². The average molecular weight is 469 g/mol. The number of allylic oxidation sites excluding steroid dienone is 1. The van der Waals surface area contributed by atoms with Crippen LogP contribution in [-0.2, 0) is 0 Å². The molecule has 1 aromatic rings. The molecule has 0 saturated carbocycles. The van der Waals surface area contributed by atoms with E-state index in [1.54, 1.807) is 0 Å². The molecule has 5 nitrogen and oxygen atoms in total. The lowest BCUT2D eigenvalue weighted by molar-refractivity contribution is 0.411. The van der Waals surface area contributed by atoms with Gasteiger partial charge in [-0.1, -0.05) is 24.3 Å². The molecule has 0 radical (unpaired) electrons. The third-order valence-corrected chi connectivity index (χ3v) is 4.10. The van der Waals surface area contributed by atoms with Gasteiger partial charge in [0.15, 0.2) is 0 Å². The number of hydrogen-bond acceptors (Lipinski definition) is 4. The number of anilines is 1. The van der Waals surface area contributed by atoms with Crippen molar-refractivity contribution >= 4 is 41.6 Å². The van der Waals surface area contributed by atoms with Gasteiger partial charge >= 0.3 is 0 Å². The molecule has 1 N–H and O–H groups in total. The number of aliphatic imine (C=N–C) groups is 1. The molecule has 0 unspecified atom stereocenters. The molecule has 1 aliphatic heterocycles. The van der Waals surface area contributed by atoms with Gasteiger partial charge in [0, 0.05) is 44.1 Å². The molecule has 1 aromatic carbocycles. The number of likely N-dealkylation sites (N-methyl/N-ethyl adjacent to an activating group) is 3. The van der Waals surface area contributed by atoms with E-state index in [1.165, 1.54) is 11.3 Å². The van der Waals surface area contributed by atoms with E-state index < -0.39 is 0 Å². The monoisotopic (exact) mass is 469 g/mol. The summed E-state index contributed by atoms with van der Waals surface area (Å²) >= 11 is 0. The Morgan fingerprint density at radius 3 is 2.46 bits per heavy atom. The van der Waals surface area contributed by atoms with Gasteiger partial charge in [-0.25, -0.2) is 0 Å². The minimum atomic E-state index is 0. The lowest BCUT2D eigenvalue weighted by atomic mass is 10.1. The van der Waals surface area contributed by atoms with Crippen LogP contribution in [0.5, 0.6) is 0 Å². The fourth-order valence-electron chi connectivity index (χ4n) is 2.58.